The Morgan fingerprint density at radius 1 is 1.32 bits per heavy atom. The number of benzene rings is 1. The minimum atomic E-state index is -0.456. The predicted octanol–water partition coefficient (Wildman–Crippen LogP) is 2.88. The molecule has 0 spiro atoms. The lowest BCUT2D eigenvalue weighted by molar-refractivity contribution is 0.101. The molecule has 1 amide bonds. The summed E-state index contributed by atoms with van der Waals surface area (Å²) in [6.45, 7) is 8.89. The second-order valence-electron chi connectivity index (χ2n) is 5.63. The highest BCUT2D eigenvalue weighted by atomic mass is 16.6. The second kappa shape index (κ2) is 8.54. The van der Waals surface area contributed by atoms with Crippen LogP contribution in [0.5, 0.6) is 5.75 Å². The van der Waals surface area contributed by atoms with Crippen molar-refractivity contribution in [2.45, 2.75) is 40.2 Å². The average molecular weight is 306 g/mol. The molecule has 1 aromatic carbocycles. The Bertz CT molecular complexity index is 527. The van der Waals surface area contributed by atoms with Crippen molar-refractivity contribution < 1.29 is 14.3 Å². The van der Waals surface area contributed by atoms with Crippen molar-refractivity contribution in [1.82, 2.24) is 10.2 Å². The van der Waals surface area contributed by atoms with E-state index in [1.807, 2.05) is 13.0 Å². The summed E-state index contributed by atoms with van der Waals surface area (Å²) in [4.78, 5) is 25.1. The van der Waals surface area contributed by atoms with Gasteiger partial charge >= 0.3 is 6.09 Å². The topological polar surface area (TPSA) is 58.6 Å². The Morgan fingerprint density at radius 2 is 2.00 bits per heavy atom. The quantitative estimate of drug-likeness (QED) is 0.787. The van der Waals surface area contributed by atoms with Crippen molar-refractivity contribution in [3.63, 3.8) is 0 Å². The van der Waals surface area contributed by atoms with E-state index in [1.165, 1.54) is 11.8 Å². The summed E-state index contributed by atoms with van der Waals surface area (Å²) >= 11 is 0. The molecular formula is C17H26N2O3. The van der Waals surface area contributed by atoms with Crippen LogP contribution in [0.1, 0.15) is 43.6 Å². The lowest BCUT2D eigenvalue weighted by Crippen LogP contribution is -2.29. The number of nitrogens with zero attached hydrogens (tertiary/aromatic N) is 1. The highest BCUT2D eigenvalue weighted by Crippen LogP contribution is 2.22. The molecule has 1 aromatic rings. The monoisotopic (exact) mass is 306 g/mol. The lowest BCUT2D eigenvalue weighted by atomic mass is 10.1. The van der Waals surface area contributed by atoms with Crippen LogP contribution in [0.3, 0.4) is 0 Å². The maximum absolute atomic E-state index is 11.9. The fourth-order valence-corrected chi connectivity index (χ4v) is 1.90. The van der Waals surface area contributed by atoms with Gasteiger partial charge in [0.2, 0.25) is 0 Å². The molecule has 0 unspecified atom stereocenters. The third kappa shape index (κ3) is 5.48. The van der Waals surface area contributed by atoms with Gasteiger partial charge in [-0.2, -0.15) is 0 Å². The molecule has 5 heteroatoms. The summed E-state index contributed by atoms with van der Waals surface area (Å²) in [5.74, 6) is 0.216. The molecule has 0 fully saturated rings. The van der Waals surface area contributed by atoms with E-state index in [2.05, 4.69) is 19.2 Å². The number of rotatable bonds is 7. The van der Waals surface area contributed by atoms with Crippen LogP contribution in [0.2, 0.25) is 0 Å². The molecule has 22 heavy (non-hydrogen) atoms. The molecule has 0 atom stereocenters. The van der Waals surface area contributed by atoms with E-state index in [4.69, 9.17) is 4.74 Å². The number of carbonyl (C=O) groups excluding carboxylic acids is 2. The zero-order valence-electron chi connectivity index (χ0n) is 14.1. The summed E-state index contributed by atoms with van der Waals surface area (Å²) in [6, 6.07) is 5.83. The van der Waals surface area contributed by atoms with Crippen molar-refractivity contribution in [3.05, 3.63) is 29.3 Å². The van der Waals surface area contributed by atoms with Crippen molar-refractivity contribution in [3.8, 4) is 5.75 Å². The van der Waals surface area contributed by atoms with E-state index in [1.54, 1.807) is 19.2 Å². The number of nitrogens with one attached hydrogen (secondary N) is 1. The maximum atomic E-state index is 11.9. The normalized spacial score (nSPS) is 10.6. The minimum Gasteiger partial charge on any atom is -0.409 e. The first-order chi connectivity index (χ1) is 10.3. The van der Waals surface area contributed by atoms with Gasteiger partial charge in [0, 0.05) is 19.6 Å². The summed E-state index contributed by atoms with van der Waals surface area (Å²) in [6.07, 6.45) is 0.354. The fraction of sp³-hybridized carbons (Fsp3) is 0.529. The fourth-order valence-electron chi connectivity index (χ4n) is 1.90. The van der Waals surface area contributed by atoms with Gasteiger partial charge in [-0.25, -0.2) is 4.79 Å². The van der Waals surface area contributed by atoms with Gasteiger partial charge in [0.05, 0.1) is 5.56 Å². The standard InChI is InChI=1S/C17H26N2O3/c1-6-19(5)17(21)22-16-11-14(9-10-18-12(2)3)7-8-15(16)13(4)20/h7-8,11-12,18H,6,9-10H2,1-5H3. The largest absolute Gasteiger partial charge is 0.414 e. The summed E-state index contributed by atoms with van der Waals surface area (Å²) in [5, 5.41) is 3.34. The number of ether oxygens (including phenoxy) is 1. The van der Waals surface area contributed by atoms with E-state index in [9.17, 15) is 9.59 Å². The van der Waals surface area contributed by atoms with Crippen LogP contribution < -0.4 is 10.1 Å². The van der Waals surface area contributed by atoms with Gasteiger partial charge in [-0.15, -0.1) is 0 Å². The number of hydrogen-bond acceptors (Lipinski definition) is 4. The third-order valence-electron chi connectivity index (χ3n) is 3.37. The van der Waals surface area contributed by atoms with Crippen LogP contribution in [0.15, 0.2) is 18.2 Å². The van der Waals surface area contributed by atoms with E-state index >= 15 is 0 Å². The minimum absolute atomic E-state index is 0.117. The van der Waals surface area contributed by atoms with Crippen molar-refractivity contribution in [1.29, 1.82) is 0 Å². The zero-order chi connectivity index (χ0) is 16.7. The van der Waals surface area contributed by atoms with E-state index in [-0.39, 0.29) is 5.78 Å². The SMILES string of the molecule is CCN(C)C(=O)Oc1cc(CCNC(C)C)ccc1C(C)=O. The van der Waals surface area contributed by atoms with E-state index < -0.39 is 6.09 Å². The zero-order valence-corrected chi connectivity index (χ0v) is 14.1. The molecule has 0 bridgehead atoms. The smallest absolute Gasteiger partial charge is 0.409 e. The van der Waals surface area contributed by atoms with Crippen LogP contribution in [-0.2, 0) is 6.42 Å². The van der Waals surface area contributed by atoms with Gasteiger partial charge in [0.25, 0.3) is 0 Å². The molecule has 5 nitrogen and oxygen atoms in total. The first kappa shape index (κ1) is 18.2. The first-order valence-electron chi connectivity index (χ1n) is 7.65. The first-order valence-corrected chi connectivity index (χ1v) is 7.65. The van der Waals surface area contributed by atoms with Gasteiger partial charge in [-0.3, -0.25) is 4.79 Å². The Labute approximate surface area is 132 Å². The second-order valence-corrected chi connectivity index (χ2v) is 5.63. The van der Waals surface area contributed by atoms with Crippen LogP contribution in [0.25, 0.3) is 0 Å². The molecule has 0 saturated carbocycles. The van der Waals surface area contributed by atoms with Crippen LogP contribution in [-0.4, -0.2) is 43.0 Å². The molecule has 0 aromatic heterocycles. The van der Waals surface area contributed by atoms with Crippen molar-refractivity contribution in [2.24, 2.45) is 0 Å². The highest BCUT2D eigenvalue weighted by molar-refractivity contribution is 5.97. The third-order valence-corrected chi connectivity index (χ3v) is 3.37. The van der Waals surface area contributed by atoms with E-state index in [0.29, 0.717) is 23.9 Å². The van der Waals surface area contributed by atoms with Crippen LogP contribution >= 0.6 is 0 Å². The molecule has 1 rings (SSSR count). The molecule has 0 aliphatic carbocycles. The number of amides is 1. The molecular weight excluding hydrogens is 280 g/mol. The van der Waals surface area contributed by atoms with Gasteiger partial charge in [-0.05, 0) is 44.5 Å². The van der Waals surface area contributed by atoms with Crippen molar-refractivity contribution in [2.75, 3.05) is 20.1 Å². The number of ketones is 1. The molecule has 0 aliphatic heterocycles. The Hall–Kier alpha value is -1.88. The van der Waals surface area contributed by atoms with Gasteiger partial charge in [0.15, 0.2) is 5.78 Å². The molecule has 1 N–H and O–H groups in total. The van der Waals surface area contributed by atoms with Crippen molar-refractivity contribution >= 4 is 11.9 Å². The molecule has 0 aliphatic rings. The number of hydrogen-bond donors (Lipinski definition) is 1. The lowest BCUT2D eigenvalue weighted by Gasteiger charge is -2.16. The highest BCUT2D eigenvalue weighted by Gasteiger charge is 2.15. The summed E-state index contributed by atoms with van der Waals surface area (Å²) < 4.78 is 5.37. The summed E-state index contributed by atoms with van der Waals surface area (Å²) in [7, 11) is 1.66. The van der Waals surface area contributed by atoms with Gasteiger partial charge < -0.3 is 15.0 Å². The van der Waals surface area contributed by atoms with Gasteiger partial charge in [0.1, 0.15) is 5.75 Å². The summed E-state index contributed by atoms with van der Waals surface area (Å²) in [5.41, 5.74) is 1.46. The van der Waals surface area contributed by atoms with Crippen LogP contribution in [0.4, 0.5) is 4.79 Å². The maximum Gasteiger partial charge on any atom is 0.414 e. The Kier molecular flexibility index (Phi) is 7.05. The Morgan fingerprint density at radius 3 is 2.55 bits per heavy atom. The predicted molar refractivity (Wildman–Crippen MR) is 87.6 cm³/mol. The molecule has 0 radical (unpaired) electrons. The van der Waals surface area contributed by atoms with Crippen LogP contribution in [0, 0.1) is 0 Å². The molecule has 0 saturated heterocycles. The number of carbonyl (C=O) groups is 2. The Balaban J connectivity index is 2.90. The number of Topliss-reactive ketones (excluding diaryl/α,β-unsaturated/α-hetero) is 1. The van der Waals surface area contributed by atoms with Gasteiger partial charge in [-0.1, -0.05) is 19.9 Å². The molecule has 0 heterocycles. The van der Waals surface area contributed by atoms with E-state index in [0.717, 1.165) is 18.5 Å². The average Bonchev–Trinajstić information content (AvgIpc) is 2.45. The molecule has 122 valence electrons.